The lowest BCUT2D eigenvalue weighted by molar-refractivity contribution is 0.222. The molecular weight excluding hydrogens is 343 g/mol. The molecule has 1 N–H and O–H groups in total. The first-order valence-electron chi connectivity index (χ1n) is 9.71. The van der Waals surface area contributed by atoms with Gasteiger partial charge in [-0.3, -0.25) is 0 Å². The molecule has 1 aliphatic rings. The maximum absolute atomic E-state index is 14.1. The number of hydrogen-bond acceptors (Lipinski definition) is 4. The minimum atomic E-state index is -0.333. The highest BCUT2D eigenvalue weighted by atomic mass is 19.1. The van der Waals surface area contributed by atoms with Crippen molar-refractivity contribution in [3.05, 3.63) is 58.9 Å². The highest BCUT2D eigenvalue weighted by molar-refractivity contribution is 5.44. The van der Waals surface area contributed by atoms with Gasteiger partial charge >= 0.3 is 0 Å². The summed E-state index contributed by atoms with van der Waals surface area (Å²) in [4.78, 5) is 2.34. The molecule has 2 aromatic rings. The normalized spacial score (nSPS) is 16.3. The van der Waals surface area contributed by atoms with Crippen molar-refractivity contribution in [1.82, 2.24) is 10.2 Å². The molecule has 3 rings (SSSR count). The molecule has 27 heavy (non-hydrogen) atoms. The van der Waals surface area contributed by atoms with Gasteiger partial charge in [-0.25, -0.2) is 4.39 Å². The lowest BCUT2D eigenvalue weighted by Crippen LogP contribution is -2.30. The van der Waals surface area contributed by atoms with Crippen LogP contribution >= 0.6 is 0 Å². The van der Waals surface area contributed by atoms with E-state index in [0.29, 0.717) is 6.61 Å². The number of methoxy groups -OCH3 is 1. The van der Waals surface area contributed by atoms with E-state index in [-0.39, 0.29) is 17.6 Å². The molecule has 2 aromatic carbocycles. The largest absolute Gasteiger partial charge is 0.494 e. The Kier molecular flexibility index (Phi) is 6.69. The summed E-state index contributed by atoms with van der Waals surface area (Å²) < 4.78 is 25.1. The average molecular weight is 372 g/mol. The van der Waals surface area contributed by atoms with Crippen molar-refractivity contribution in [2.75, 3.05) is 39.9 Å². The standard InChI is InChI=1S/C22H29FN2O2/c1-4-25(5-2)12-13-27-18-7-8-19-16(14-18)10-11-24-22(19)17-6-9-21(26-3)20(23)15-17/h6-9,14-15,22,24H,4-5,10-13H2,1-3H3. The van der Waals surface area contributed by atoms with E-state index in [1.807, 2.05) is 12.1 Å². The Morgan fingerprint density at radius 2 is 1.96 bits per heavy atom. The van der Waals surface area contributed by atoms with Gasteiger partial charge in [0.1, 0.15) is 12.4 Å². The number of likely N-dealkylation sites (N-methyl/N-ethyl adjacent to an activating group) is 1. The Bertz CT molecular complexity index is 762. The zero-order valence-corrected chi connectivity index (χ0v) is 16.4. The third-order valence-corrected chi connectivity index (χ3v) is 5.25. The zero-order chi connectivity index (χ0) is 19.2. The second kappa shape index (κ2) is 9.20. The Balaban J connectivity index is 1.74. The predicted molar refractivity (Wildman–Crippen MR) is 106 cm³/mol. The molecule has 5 heteroatoms. The summed E-state index contributed by atoms with van der Waals surface area (Å²) in [6.45, 7) is 8.88. The van der Waals surface area contributed by atoms with Crippen molar-refractivity contribution < 1.29 is 13.9 Å². The van der Waals surface area contributed by atoms with Crippen LogP contribution in [0.1, 0.15) is 36.6 Å². The second-order valence-corrected chi connectivity index (χ2v) is 6.77. The van der Waals surface area contributed by atoms with Crippen LogP contribution in [0.25, 0.3) is 0 Å². The lowest BCUT2D eigenvalue weighted by Gasteiger charge is -2.28. The van der Waals surface area contributed by atoms with E-state index < -0.39 is 0 Å². The first-order chi connectivity index (χ1) is 13.2. The van der Waals surface area contributed by atoms with Gasteiger partial charge in [-0.15, -0.1) is 0 Å². The van der Waals surface area contributed by atoms with E-state index in [4.69, 9.17) is 9.47 Å². The summed E-state index contributed by atoms with van der Waals surface area (Å²) in [5, 5.41) is 3.49. The van der Waals surface area contributed by atoms with Crippen molar-refractivity contribution in [3.8, 4) is 11.5 Å². The van der Waals surface area contributed by atoms with Crippen molar-refractivity contribution in [1.29, 1.82) is 0 Å². The van der Waals surface area contributed by atoms with Gasteiger partial charge in [0, 0.05) is 13.1 Å². The fourth-order valence-electron chi connectivity index (χ4n) is 3.62. The number of halogens is 1. The third-order valence-electron chi connectivity index (χ3n) is 5.25. The molecule has 0 radical (unpaired) electrons. The van der Waals surface area contributed by atoms with Crippen molar-refractivity contribution >= 4 is 0 Å². The molecule has 1 atom stereocenters. The number of ether oxygens (including phenoxy) is 2. The van der Waals surface area contributed by atoms with Crippen LogP contribution in [0.3, 0.4) is 0 Å². The molecule has 0 saturated carbocycles. The Labute approximate surface area is 161 Å². The zero-order valence-electron chi connectivity index (χ0n) is 16.4. The molecule has 0 aliphatic carbocycles. The number of fused-ring (bicyclic) bond motifs is 1. The first kappa shape index (κ1) is 19.6. The van der Waals surface area contributed by atoms with Crippen LogP contribution in [0.2, 0.25) is 0 Å². The van der Waals surface area contributed by atoms with Gasteiger partial charge in [-0.2, -0.15) is 0 Å². The molecule has 0 amide bonds. The van der Waals surface area contributed by atoms with Gasteiger partial charge < -0.3 is 19.7 Å². The van der Waals surface area contributed by atoms with Crippen LogP contribution in [0.4, 0.5) is 4.39 Å². The summed E-state index contributed by atoms with van der Waals surface area (Å²) in [5.41, 5.74) is 3.35. The average Bonchev–Trinajstić information content (AvgIpc) is 2.70. The molecule has 0 spiro atoms. The van der Waals surface area contributed by atoms with E-state index >= 15 is 0 Å². The van der Waals surface area contributed by atoms with Crippen molar-refractivity contribution in [2.45, 2.75) is 26.3 Å². The molecule has 146 valence electrons. The predicted octanol–water partition coefficient (Wildman–Crippen LogP) is 3.79. The summed E-state index contributed by atoms with van der Waals surface area (Å²) in [5.74, 6) is 0.842. The van der Waals surface area contributed by atoms with Crippen LogP contribution in [-0.2, 0) is 6.42 Å². The quantitative estimate of drug-likeness (QED) is 0.764. The highest BCUT2D eigenvalue weighted by Gasteiger charge is 2.22. The van der Waals surface area contributed by atoms with Crippen LogP contribution < -0.4 is 14.8 Å². The molecule has 0 aromatic heterocycles. The number of nitrogens with one attached hydrogen (secondary N) is 1. The monoisotopic (exact) mass is 372 g/mol. The van der Waals surface area contributed by atoms with E-state index in [0.717, 1.165) is 43.9 Å². The third kappa shape index (κ3) is 4.60. The van der Waals surface area contributed by atoms with Crippen LogP contribution in [0, 0.1) is 5.82 Å². The van der Waals surface area contributed by atoms with Gasteiger partial charge in [-0.1, -0.05) is 26.0 Å². The van der Waals surface area contributed by atoms with E-state index in [1.54, 1.807) is 12.1 Å². The molecular formula is C22H29FN2O2. The molecule has 1 heterocycles. The lowest BCUT2D eigenvalue weighted by atomic mass is 9.89. The minimum Gasteiger partial charge on any atom is -0.494 e. The molecule has 0 saturated heterocycles. The van der Waals surface area contributed by atoms with Crippen LogP contribution in [0.5, 0.6) is 11.5 Å². The molecule has 1 aliphatic heterocycles. The Morgan fingerprint density at radius 3 is 2.67 bits per heavy atom. The molecule has 0 bridgehead atoms. The maximum Gasteiger partial charge on any atom is 0.165 e. The number of rotatable bonds is 8. The summed E-state index contributed by atoms with van der Waals surface area (Å²) in [7, 11) is 1.48. The highest BCUT2D eigenvalue weighted by Crippen LogP contribution is 2.32. The topological polar surface area (TPSA) is 33.7 Å². The van der Waals surface area contributed by atoms with Crippen LogP contribution in [0.15, 0.2) is 36.4 Å². The fraction of sp³-hybridized carbons (Fsp3) is 0.455. The van der Waals surface area contributed by atoms with Gasteiger partial charge in [0.25, 0.3) is 0 Å². The summed E-state index contributed by atoms with van der Waals surface area (Å²) in [6.07, 6.45) is 0.942. The molecule has 1 unspecified atom stereocenters. The summed E-state index contributed by atoms with van der Waals surface area (Å²) >= 11 is 0. The first-order valence-corrected chi connectivity index (χ1v) is 9.71. The van der Waals surface area contributed by atoms with Crippen molar-refractivity contribution in [3.63, 3.8) is 0 Å². The van der Waals surface area contributed by atoms with E-state index in [9.17, 15) is 4.39 Å². The number of nitrogens with zero attached hydrogens (tertiary/aromatic N) is 1. The van der Waals surface area contributed by atoms with E-state index in [2.05, 4.69) is 36.2 Å². The minimum absolute atomic E-state index is 0.0149. The SMILES string of the molecule is CCN(CC)CCOc1ccc2c(c1)CCNC2c1ccc(OC)c(F)c1. The summed E-state index contributed by atoms with van der Waals surface area (Å²) in [6, 6.07) is 11.4. The number of hydrogen-bond donors (Lipinski definition) is 1. The van der Waals surface area contributed by atoms with Gasteiger partial charge in [0.15, 0.2) is 11.6 Å². The van der Waals surface area contributed by atoms with Gasteiger partial charge in [0.05, 0.1) is 13.2 Å². The molecule has 4 nitrogen and oxygen atoms in total. The Hall–Kier alpha value is -2.11. The fourth-order valence-corrected chi connectivity index (χ4v) is 3.62. The Morgan fingerprint density at radius 1 is 1.15 bits per heavy atom. The van der Waals surface area contributed by atoms with Gasteiger partial charge in [-0.05, 0) is 60.5 Å². The van der Waals surface area contributed by atoms with Crippen LogP contribution in [-0.4, -0.2) is 44.8 Å². The second-order valence-electron chi connectivity index (χ2n) is 6.77. The smallest absolute Gasteiger partial charge is 0.165 e. The number of benzene rings is 2. The maximum atomic E-state index is 14.1. The molecule has 0 fully saturated rings. The van der Waals surface area contributed by atoms with Crippen molar-refractivity contribution in [2.24, 2.45) is 0 Å². The van der Waals surface area contributed by atoms with Gasteiger partial charge in [0.2, 0.25) is 0 Å². The van der Waals surface area contributed by atoms with E-state index in [1.165, 1.54) is 18.2 Å².